The van der Waals surface area contributed by atoms with Gasteiger partial charge in [0.25, 0.3) is 5.91 Å². The summed E-state index contributed by atoms with van der Waals surface area (Å²) in [6.07, 6.45) is 4.19. The van der Waals surface area contributed by atoms with Crippen LogP contribution in [0.5, 0.6) is 0 Å². The number of carboxylic acid groups (broad SMARTS) is 1. The number of aliphatic carboxylic acids is 1. The van der Waals surface area contributed by atoms with E-state index in [0.717, 1.165) is 6.07 Å². The minimum Gasteiger partial charge on any atom is -0.480 e. The largest absolute Gasteiger partial charge is 0.480 e. The normalized spacial score (nSPS) is 17.7. The first-order chi connectivity index (χ1) is 10.6. The molecule has 6 nitrogen and oxygen atoms in total. The molecule has 1 aromatic heterocycles. The van der Waals surface area contributed by atoms with Gasteiger partial charge >= 0.3 is 5.97 Å². The highest BCUT2D eigenvalue weighted by Crippen LogP contribution is 2.22. The Kier molecular flexibility index (Phi) is 3.62. The number of benzene rings is 1. The molecule has 1 amide bonds. The monoisotopic (exact) mass is 303 g/mol. The fraction of sp³-hybridized carbons (Fsp3) is 0.267. The lowest BCUT2D eigenvalue weighted by molar-refractivity contribution is -0.141. The summed E-state index contributed by atoms with van der Waals surface area (Å²) in [6, 6.07) is 4.90. The van der Waals surface area contributed by atoms with Crippen LogP contribution in [0, 0.1) is 5.82 Å². The number of amides is 1. The Morgan fingerprint density at radius 2 is 2.18 bits per heavy atom. The van der Waals surface area contributed by atoms with E-state index in [0.29, 0.717) is 19.4 Å². The predicted octanol–water partition coefficient (Wildman–Crippen LogP) is 1.70. The Balaban J connectivity index is 1.88. The highest BCUT2D eigenvalue weighted by molar-refractivity contribution is 5.97. The van der Waals surface area contributed by atoms with Gasteiger partial charge in [-0.1, -0.05) is 0 Å². The second-order valence-corrected chi connectivity index (χ2v) is 5.11. The summed E-state index contributed by atoms with van der Waals surface area (Å²) in [5.74, 6) is -2.07. The molecule has 7 heteroatoms. The van der Waals surface area contributed by atoms with Gasteiger partial charge in [0, 0.05) is 24.5 Å². The molecular weight excluding hydrogens is 289 g/mol. The van der Waals surface area contributed by atoms with Crippen LogP contribution in [-0.2, 0) is 4.79 Å². The van der Waals surface area contributed by atoms with Gasteiger partial charge in [0.1, 0.15) is 17.5 Å². The number of aromatic nitrogens is 2. The minimum atomic E-state index is -1.03. The van der Waals surface area contributed by atoms with E-state index in [-0.39, 0.29) is 11.3 Å². The maximum Gasteiger partial charge on any atom is 0.326 e. The molecule has 2 heterocycles. The quantitative estimate of drug-likeness (QED) is 0.936. The number of likely N-dealkylation sites (tertiary alicyclic amines) is 1. The van der Waals surface area contributed by atoms with E-state index in [1.165, 1.54) is 27.9 Å². The Bertz CT molecular complexity index is 715. The molecule has 1 aromatic carbocycles. The van der Waals surface area contributed by atoms with Gasteiger partial charge in [-0.15, -0.1) is 0 Å². The molecule has 1 fully saturated rings. The van der Waals surface area contributed by atoms with Crippen LogP contribution in [-0.4, -0.2) is 44.3 Å². The van der Waals surface area contributed by atoms with Crippen molar-refractivity contribution in [2.75, 3.05) is 6.54 Å². The molecule has 1 saturated heterocycles. The van der Waals surface area contributed by atoms with Crippen molar-refractivity contribution >= 4 is 11.9 Å². The van der Waals surface area contributed by atoms with Gasteiger partial charge in [-0.05, 0) is 37.1 Å². The van der Waals surface area contributed by atoms with E-state index in [4.69, 9.17) is 5.11 Å². The third kappa shape index (κ3) is 2.45. The van der Waals surface area contributed by atoms with Gasteiger partial charge in [-0.3, -0.25) is 4.79 Å². The summed E-state index contributed by atoms with van der Waals surface area (Å²) in [6.45, 7) is 0.373. The van der Waals surface area contributed by atoms with Crippen molar-refractivity contribution in [2.24, 2.45) is 0 Å². The summed E-state index contributed by atoms with van der Waals surface area (Å²) in [5, 5.41) is 13.1. The van der Waals surface area contributed by atoms with Gasteiger partial charge in [0.2, 0.25) is 0 Å². The number of hydrogen-bond acceptors (Lipinski definition) is 3. The maximum atomic E-state index is 14.2. The summed E-state index contributed by atoms with van der Waals surface area (Å²) in [7, 11) is 0. The van der Waals surface area contributed by atoms with Crippen molar-refractivity contribution in [3.8, 4) is 5.69 Å². The van der Waals surface area contributed by atoms with Gasteiger partial charge in [0.05, 0.1) is 0 Å². The lowest BCUT2D eigenvalue weighted by Crippen LogP contribution is -2.40. The zero-order valence-electron chi connectivity index (χ0n) is 11.6. The Labute approximate surface area is 125 Å². The van der Waals surface area contributed by atoms with Crippen molar-refractivity contribution in [3.05, 3.63) is 48.0 Å². The molecule has 1 aliphatic rings. The second-order valence-electron chi connectivity index (χ2n) is 5.11. The molecule has 3 rings (SSSR count). The lowest BCUT2D eigenvalue weighted by atomic mass is 10.1. The Morgan fingerprint density at radius 1 is 1.36 bits per heavy atom. The summed E-state index contributed by atoms with van der Waals surface area (Å²) in [4.78, 5) is 24.8. The van der Waals surface area contributed by atoms with Crippen LogP contribution in [0.25, 0.3) is 5.69 Å². The fourth-order valence-electron chi connectivity index (χ4n) is 2.67. The first-order valence-electron chi connectivity index (χ1n) is 6.91. The van der Waals surface area contributed by atoms with Crippen LogP contribution in [0.2, 0.25) is 0 Å². The average molecular weight is 303 g/mol. The molecule has 22 heavy (non-hydrogen) atoms. The highest BCUT2D eigenvalue weighted by Gasteiger charge is 2.34. The van der Waals surface area contributed by atoms with Crippen molar-refractivity contribution in [1.82, 2.24) is 14.7 Å². The molecule has 0 saturated carbocycles. The molecule has 0 radical (unpaired) electrons. The number of carbonyl (C=O) groups is 2. The highest BCUT2D eigenvalue weighted by atomic mass is 19.1. The molecular formula is C15H14FN3O3. The zero-order chi connectivity index (χ0) is 15.7. The number of rotatable bonds is 3. The number of carbonyl (C=O) groups excluding carboxylic acids is 1. The van der Waals surface area contributed by atoms with E-state index >= 15 is 0 Å². The summed E-state index contributed by atoms with van der Waals surface area (Å²) >= 11 is 0. The van der Waals surface area contributed by atoms with Crippen LogP contribution < -0.4 is 0 Å². The molecule has 0 unspecified atom stereocenters. The number of carboxylic acids is 1. The molecule has 1 atom stereocenters. The van der Waals surface area contributed by atoms with Crippen molar-refractivity contribution < 1.29 is 19.1 Å². The van der Waals surface area contributed by atoms with Crippen LogP contribution in [0.3, 0.4) is 0 Å². The molecule has 0 spiro atoms. The minimum absolute atomic E-state index is 0.140. The summed E-state index contributed by atoms with van der Waals surface area (Å²) in [5.41, 5.74) is 0.374. The van der Waals surface area contributed by atoms with E-state index in [1.54, 1.807) is 12.3 Å². The number of hydrogen-bond donors (Lipinski definition) is 1. The van der Waals surface area contributed by atoms with E-state index < -0.39 is 23.7 Å². The van der Waals surface area contributed by atoms with E-state index in [9.17, 15) is 14.0 Å². The molecule has 114 valence electrons. The van der Waals surface area contributed by atoms with Crippen LogP contribution in [0.15, 0.2) is 36.7 Å². The summed E-state index contributed by atoms with van der Waals surface area (Å²) < 4.78 is 15.5. The molecule has 1 aliphatic heterocycles. The van der Waals surface area contributed by atoms with Crippen LogP contribution in [0.1, 0.15) is 23.2 Å². The van der Waals surface area contributed by atoms with Gasteiger partial charge in [-0.25, -0.2) is 13.9 Å². The third-order valence-electron chi connectivity index (χ3n) is 3.74. The number of halogens is 1. The van der Waals surface area contributed by atoms with E-state index in [1.807, 2.05) is 0 Å². The van der Waals surface area contributed by atoms with Crippen molar-refractivity contribution in [1.29, 1.82) is 0 Å². The fourth-order valence-corrected chi connectivity index (χ4v) is 2.67. The van der Waals surface area contributed by atoms with Gasteiger partial charge < -0.3 is 10.0 Å². The molecule has 2 aromatic rings. The predicted molar refractivity (Wildman–Crippen MR) is 75.2 cm³/mol. The molecule has 0 aliphatic carbocycles. The third-order valence-corrected chi connectivity index (χ3v) is 3.74. The zero-order valence-corrected chi connectivity index (χ0v) is 11.6. The Hall–Kier alpha value is -2.70. The maximum absolute atomic E-state index is 14.2. The van der Waals surface area contributed by atoms with Crippen LogP contribution >= 0.6 is 0 Å². The first-order valence-corrected chi connectivity index (χ1v) is 6.91. The van der Waals surface area contributed by atoms with E-state index in [2.05, 4.69) is 5.10 Å². The SMILES string of the molecule is O=C(O)[C@@H]1CCCN1C(=O)c1ccc(-n2cccn2)c(F)c1. The first kappa shape index (κ1) is 14.2. The van der Waals surface area contributed by atoms with Crippen LogP contribution in [0.4, 0.5) is 4.39 Å². The standard InChI is InChI=1S/C15H14FN3O3/c16-11-9-10(4-5-12(11)19-8-2-6-17-19)14(20)18-7-1-3-13(18)15(21)22/h2,4-6,8-9,13H,1,3,7H2,(H,21,22)/t13-/m0/s1. The second kappa shape index (κ2) is 5.59. The molecule has 0 bridgehead atoms. The van der Waals surface area contributed by atoms with Crippen molar-refractivity contribution in [3.63, 3.8) is 0 Å². The smallest absolute Gasteiger partial charge is 0.326 e. The van der Waals surface area contributed by atoms with Crippen molar-refractivity contribution in [2.45, 2.75) is 18.9 Å². The van der Waals surface area contributed by atoms with Gasteiger partial charge in [0.15, 0.2) is 0 Å². The molecule has 1 N–H and O–H groups in total. The lowest BCUT2D eigenvalue weighted by Gasteiger charge is -2.21. The number of nitrogens with zero attached hydrogens (tertiary/aromatic N) is 3. The topological polar surface area (TPSA) is 75.4 Å². The Morgan fingerprint density at radius 3 is 2.82 bits per heavy atom. The van der Waals surface area contributed by atoms with Gasteiger partial charge in [-0.2, -0.15) is 5.10 Å². The average Bonchev–Trinajstić information content (AvgIpc) is 3.17.